The van der Waals surface area contributed by atoms with Crippen LogP contribution >= 0.6 is 11.6 Å². The Kier molecular flexibility index (Phi) is 7.94. The van der Waals surface area contributed by atoms with Crippen molar-refractivity contribution >= 4 is 40.7 Å². The molecule has 34 heavy (non-hydrogen) atoms. The highest BCUT2D eigenvalue weighted by molar-refractivity contribution is 6.33. The van der Waals surface area contributed by atoms with Crippen LogP contribution in [0.4, 0.5) is 11.4 Å². The van der Waals surface area contributed by atoms with E-state index in [1.807, 2.05) is 19.1 Å². The van der Waals surface area contributed by atoms with E-state index in [4.69, 9.17) is 11.6 Å². The minimum absolute atomic E-state index is 0.0227. The van der Waals surface area contributed by atoms with Crippen LogP contribution in [0.25, 0.3) is 0 Å². The van der Waals surface area contributed by atoms with Gasteiger partial charge in [-0.2, -0.15) is 0 Å². The molecule has 3 amide bonds. The molecule has 0 radical (unpaired) electrons. The summed E-state index contributed by atoms with van der Waals surface area (Å²) in [5, 5.41) is 18.9. The van der Waals surface area contributed by atoms with E-state index in [9.17, 15) is 24.5 Å². The molecule has 0 saturated heterocycles. The van der Waals surface area contributed by atoms with Crippen molar-refractivity contribution in [2.24, 2.45) is 0 Å². The number of nitrogens with one attached hydrogen (secondary N) is 3. The summed E-state index contributed by atoms with van der Waals surface area (Å²) in [6, 6.07) is 17.1. The molecular weight excluding hydrogens is 460 g/mol. The van der Waals surface area contributed by atoms with Crippen LogP contribution in [0.15, 0.2) is 66.7 Å². The van der Waals surface area contributed by atoms with Gasteiger partial charge in [-0.1, -0.05) is 29.3 Å². The molecule has 3 N–H and O–H groups in total. The van der Waals surface area contributed by atoms with E-state index in [2.05, 4.69) is 16.0 Å². The number of carbonyl (C=O) groups is 3. The van der Waals surface area contributed by atoms with Crippen LogP contribution in [0.3, 0.4) is 0 Å². The lowest BCUT2D eigenvalue weighted by Gasteiger charge is -2.09. The van der Waals surface area contributed by atoms with Crippen molar-refractivity contribution in [1.29, 1.82) is 0 Å². The first-order valence-corrected chi connectivity index (χ1v) is 10.6. The third-order valence-electron chi connectivity index (χ3n) is 4.82. The van der Waals surface area contributed by atoms with Gasteiger partial charge in [0.2, 0.25) is 0 Å². The second kappa shape index (κ2) is 11.1. The van der Waals surface area contributed by atoms with Gasteiger partial charge in [0.25, 0.3) is 23.4 Å². The SMILES string of the molecule is Cc1ccc(C(=O)Nc2ccc(C(=O)NCCNC(=O)c3cc([N+](=O)[O-])ccc3Cl)cc2)cc1. The van der Waals surface area contributed by atoms with Gasteiger partial charge in [0.1, 0.15) is 0 Å². The number of nitro benzene ring substituents is 1. The quantitative estimate of drug-likeness (QED) is 0.255. The first-order valence-electron chi connectivity index (χ1n) is 10.2. The molecule has 0 bridgehead atoms. The summed E-state index contributed by atoms with van der Waals surface area (Å²) in [7, 11) is 0. The number of nitro groups is 1. The number of aryl methyl sites for hydroxylation is 1. The molecule has 0 saturated carbocycles. The fraction of sp³-hybridized carbons (Fsp3) is 0.125. The summed E-state index contributed by atoms with van der Waals surface area (Å²) in [5.41, 5.74) is 2.23. The maximum atomic E-state index is 12.3. The Morgan fingerprint density at radius 2 is 1.38 bits per heavy atom. The maximum Gasteiger partial charge on any atom is 0.270 e. The zero-order valence-corrected chi connectivity index (χ0v) is 18.9. The molecule has 174 valence electrons. The molecule has 0 heterocycles. The van der Waals surface area contributed by atoms with Crippen molar-refractivity contribution in [3.8, 4) is 0 Å². The van der Waals surface area contributed by atoms with Gasteiger partial charge in [0.15, 0.2) is 0 Å². The van der Waals surface area contributed by atoms with Gasteiger partial charge in [-0.15, -0.1) is 0 Å². The van der Waals surface area contributed by atoms with E-state index in [1.165, 1.54) is 12.1 Å². The molecular formula is C24H21ClN4O5. The molecule has 0 atom stereocenters. The Bertz CT molecular complexity index is 1230. The van der Waals surface area contributed by atoms with E-state index in [0.29, 0.717) is 16.8 Å². The van der Waals surface area contributed by atoms with E-state index in [0.717, 1.165) is 11.6 Å². The van der Waals surface area contributed by atoms with Crippen molar-refractivity contribution < 1.29 is 19.3 Å². The van der Waals surface area contributed by atoms with Crippen molar-refractivity contribution in [1.82, 2.24) is 10.6 Å². The highest BCUT2D eigenvalue weighted by Crippen LogP contribution is 2.21. The van der Waals surface area contributed by atoms with Crippen LogP contribution in [0.1, 0.15) is 36.6 Å². The number of anilines is 1. The first-order chi connectivity index (χ1) is 16.2. The fourth-order valence-electron chi connectivity index (χ4n) is 2.96. The molecule has 0 unspecified atom stereocenters. The van der Waals surface area contributed by atoms with Gasteiger partial charge in [-0.05, 0) is 49.4 Å². The minimum Gasteiger partial charge on any atom is -0.350 e. The predicted octanol–water partition coefficient (Wildman–Crippen LogP) is 3.97. The molecule has 0 aliphatic rings. The van der Waals surface area contributed by atoms with Gasteiger partial charge < -0.3 is 16.0 Å². The van der Waals surface area contributed by atoms with Crippen LogP contribution in [-0.4, -0.2) is 35.7 Å². The van der Waals surface area contributed by atoms with Crippen molar-refractivity contribution in [3.05, 3.63) is 104 Å². The van der Waals surface area contributed by atoms with Gasteiger partial charge >= 0.3 is 0 Å². The first kappa shape index (κ1) is 24.4. The molecule has 0 spiro atoms. The van der Waals surface area contributed by atoms with Crippen molar-refractivity contribution in [2.75, 3.05) is 18.4 Å². The van der Waals surface area contributed by atoms with Crippen molar-refractivity contribution in [3.63, 3.8) is 0 Å². The number of hydrogen-bond donors (Lipinski definition) is 3. The summed E-state index contributed by atoms with van der Waals surface area (Å²) < 4.78 is 0. The van der Waals surface area contributed by atoms with Gasteiger partial charge in [0, 0.05) is 42.0 Å². The number of benzene rings is 3. The van der Waals surface area contributed by atoms with E-state index in [-0.39, 0.29) is 41.2 Å². The third-order valence-corrected chi connectivity index (χ3v) is 5.15. The lowest BCUT2D eigenvalue weighted by Crippen LogP contribution is -2.34. The number of carbonyl (C=O) groups excluding carboxylic acids is 3. The monoisotopic (exact) mass is 480 g/mol. The molecule has 0 aliphatic heterocycles. The molecule has 0 fully saturated rings. The zero-order valence-electron chi connectivity index (χ0n) is 18.1. The smallest absolute Gasteiger partial charge is 0.270 e. The highest BCUT2D eigenvalue weighted by Gasteiger charge is 2.15. The molecule has 3 aromatic carbocycles. The van der Waals surface area contributed by atoms with E-state index in [1.54, 1.807) is 36.4 Å². The summed E-state index contributed by atoms with van der Waals surface area (Å²) in [5.74, 6) is -1.20. The second-order valence-electron chi connectivity index (χ2n) is 7.33. The predicted molar refractivity (Wildman–Crippen MR) is 128 cm³/mol. The Balaban J connectivity index is 1.47. The fourth-order valence-corrected chi connectivity index (χ4v) is 3.17. The summed E-state index contributed by atoms with van der Waals surface area (Å²) >= 11 is 5.94. The average molecular weight is 481 g/mol. The number of non-ortho nitro benzene ring substituents is 1. The summed E-state index contributed by atoms with van der Waals surface area (Å²) in [4.78, 5) is 47.1. The lowest BCUT2D eigenvalue weighted by atomic mass is 10.1. The molecule has 3 rings (SSSR count). The van der Waals surface area contributed by atoms with Gasteiger partial charge in [-0.3, -0.25) is 24.5 Å². The minimum atomic E-state index is -0.619. The number of halogens is 1. The van der Waals surface area contributed by atoms with Gasteiger partial charge in [0.05, 0.1) is 15.5 Å². The van der Waals surface area contributed by atoms with Crippen LogP contribution in [0, 0.1) is 17.0 Å². The molecule has 0 aromatic heterocycles. The largest absolute Gasteiger partial charge is 0.350 e. The van der Waals surface area contributed by atoms with E-state index < -0.39 is 10.8 Å². The third kappa shape index (κ3) is 6.39. The van der Waals surface area contributed by atoms with Gasteiger partial charge in [-0.25, -0.2) is 0 Å². The molecule has 3 aromatic rings. The maximum absolute atomic E-state index is 12.3. The van der Waals surface area contributed by atoms with E-state index >= 15 is 0 Å². The number of rotatable bonds is 8. The number of nitrogens with zero attached hydrogens (tertiary/aromatic N) is 1. The topological polar surface area (TPSA) is 130 Å². The van der Waals surface area contributed by atoms with Crippen LogP contribution in [-0.2, 0) is 0 Å². The Morgan fingerprint density at radius 3 is 2.00 bits per heavy atom. The molecule has 10 heteroatoms. The lowest BCUT2D eigenvalue weighted by molar-refractivity contribution is -0.384. The Morgan fingerprint density at radius 1 is 0.824 bits per heavy atom. The highest BCUT2D eigenvalue weighted by atomic mass is 35.5. The Labute approximate surface area is 200 Å². The summed E-state index contributed by atoms with van der Waals surface area (Å²) in [6.07, 6.45) is 0. The van der Waals surface area contributed by atoms with Crippen LogP contribution < -0.4 is 16.0 Å². The number of hydrogen-bond acceptors (Lipinski definition) is 5. The number of amides is 3. The van der Waals surface area contributed by atoms with Crippen molar-refractivity contribution in [2.45, 2.75) is 6.92 Å². The zero-order chi connectivity index (χ0) is 24.7. The van der Waals surface area contributed by atoms with Crippen LogP contribution in [0.5, 0.6) is 0 Å². The normalized spacial score (nSPS) is 10.3. The standard InChI is InChI=1S/C24H21ClN4O5/c1-15-2-4-17(5-3-15)23(31)28-18-8-6-16(7-9-18)22(30)26-12-13-27-24(32)20-14-19(29(33)34)10-11-21(20)25/h2-11,14H,12-13H2,1H3,(H,26,30)(H,27,32)(H,28,31). The second-order valence-corrected chi connectivity index (χ2v) is 7.74. The van der Waals surface area contributed by atoms with Crippen LogP contribution in [0.2, 0.25) is 5.02 Å². The molecule has 0 aliphatic carbocycles. The Hall–Kier alpha value is -4.24. The molecule has 9 nitrogen and oxygen atoms in total. The average Bonchev–Trinajstić information content (AvgIpc) is 2.82. The summed E-state index contributed by atoms with van der Waals surface area (Å²) in [6.45, 7) is 2.16.